The van der Waals surface area contributed by atoms with E-state index in [0.717, 1.165) is 24.1 Å². The largest absolute Gasteiger partial charge is 0.393 e. The minimum absolute atomic E-state index is 0.146. The zero-order valence-corrected chi connectivity index (χ0v) is 36.0. The van der Waals surface area contributed by atoms with Gasteiger partial charge in [-0.05, 0) is 84.5 Å². The van der Waals surface area contributed by atoms with Crippen LogP contribution >= 0.6 is 0 Å². The van der Waals surface area contributed by atoms with Crippen molar-refractivity contribution in [2.75, 3.05) is 0 Å². The van der Waals surface area contributed by atoms with Gasteiger partial charge in [0.25, 0.3) is 0 Å². The fraction of sp³-hybridized carbons (Fsp3) is 0.0962. The number of esters is 12. The summed E-state index contributed by atoms with van der Waals surface area (Å²) in [6, 6.07) is 20.3. The lowest BCUT2D eigenvalue weighted by atomic mass is 9.85. The predicted molar refractivity (Wildman–Crippen MR) is 234 cm³/mol. The van der Waals surface area contributed by atoms with Crippen LogP contribution in [0.5, 0.6) is 0 Å². The summed E-state index contributed by atoms with van der Waals surface area (Å²) in [5.41, 5.74) is 4.13. The van der Waals surface area contributed by atoms with Crippen molar-refractivity contribution in [1.29, 1.82) is 5.26 Å². The molecule has 348 valence electrons. The van der Waals surface area contributed by atoms with Crippen molar-refractivity contribution < 1.29 is 86.0 Å². The molecule has 19 heteroatoms. The summed E-state index contributed by atoms with van der Waals surface area (Å²) < 4.78 is 26.1. The van der Waals surface area contributed by atoms with Gasteiger partial charge in [-0.1, -0.05) is 48.8 Å². The summed E-state index contributed by atoms with van der Waals surface area (Å²) in [4.78, 5) is 130. The standard InChI is InChI=1S/C10H6O3.2C10H4O3.C9H3NO3.C9H8O3.C4H2O3/c2*1-2-6-3-4-7-8(5-6)10(12)13-9(7)11;1-2-6-4-3-5-7-8(6)10(12)13-9(7)11;10-4-5-1-2-6-7(3-5)9(12)13-8(6)11;10-8-6-4-1-2-5(3-4)7(6)9(11)12-8;5-3-1-2-4(6)7-3/h2-5H,1H2;2*1,3-5H;1-3H;1-2,4-7H,3H2;1-2H. The van der Waals surface area contributed by atoms with Crippen molar-refractivity contribution in [1.82, 2.24) is 0 Å². The summed E-state index contributed by atoms with van der Waals surface area (Å²) in [6.45, 7) is 3.56. The van der Waals surface area contributed by atoms with Gasteiger partial charge in [0.15, 0.2) is 0 Å². The summed E-state index contributed by atoms with van der Waals surface area (Å²) >= 11 is 0. The van der Waals surface area contributed by atoms with Crippen molar-refractivity contribution >= 4 is 77.7 Å². The van der Waals surface area contributed by atoms with E-state index in [1.165, 1.54) is 36.4 Å². The van der Waals surface area contributed by atoms with Crippen LogP contribution in [-0.2, 0) is 47.6 Å². The Morgan fingerprint density at radius 2 is 0.944 bits per heavy atom. The van der Waals surface area contributed by atoms with E-state index in [0.29, 0.717) is 27.8 Å². The second kappa shape index (κ2) is 20.2. The Bertz CT molecular complexity index is 3210. The topological polar surface area (TPSA) is 284 Å². The zero-order chi connectivity index (χ0) is 51.3. The average molecular weight is 954 g/mol. The lowest BCUT2D eigenvalue weighted by Crippen LogP contribution is -2.21. The molecule has 0 aromatic heterocycles. The third kappa shape index (κ3) is 9.98. The normalized spacial score (nSPS) is 19.8. The lowest BCUT2D eigenvalue weighted by molar-refractivity contribution is -0.155. The van der Waals surface area contributed by atoms with Gasteiger partial charge in [-0.15, -0.1) is 12.8 Å². The van der Waals surface area contributed by atoms with Crippen molar-refractivity contribution in [3.8, 4) is 30.8 Å². The highest BCUT2D eigenvalue weighted by atomic mass is 16.6. The van der Waals surface area contributed by atoms with E-state index in [-0.39, 0.29) is 69.0 Å². The fourth-order valence-corrected chi connectivity index (χ4v) is 7.82. The molecule has 6 aliphatic heterocycles. The number of cyclic esters (lactones) is 12. The van der Waals surface area contributed by atoms with Crippen LogP contribution < -0.4 is 0 Å². The maximum Gasteiger partial charge on any atom is 0.348 e. The highest BCUT2D eigenvalue weighted by Gasteiger charge is 2.58. The number of benzene rings is 4. The molecule has 71 heavy (non-hydrogen) atoms. The molecule has 0 spiro atoms. The van der Waals surface area contributed by atoms with Gasteiger partial charge in [0.05, 0.1) is 68.0 Å². The number of terminal acetylenes is 2. The molecule has 2 fully saturated rings. The first-order valence-corrected chi connectivity index (χ1v) is 20.4. The molecule has 4 atom stereocenters. The van der Waals surface area contributed by atoms with Crippen molar-refractivity contribution in [3.05, 3.63) is 170 Å². The molecule has 0 N–H and O–H groups in total. The van der Waals surface area contributed by atoms with Crippen molar-refractivity contribution in [2.24, 2.45) is 23.7 Å². The fourth-order valence-electron chi connectivity index (χ4n) is 7.82. The second-order valence-electron chi connectivity index (χ2n) is 15.2. The molecule has 2 bridgehead atoms. The first-order valence-electron chi connectivity index (χ1n) is 20.4. The van der Waals surface area contributed by atoms with E-state index in [9.17, 15) is 57.5 Å². The van der Waals surface area contributed by atoms with Crippen LogP contribution in [0.25, 0.3) is 6.08 Å². The van der Waals surface area contributed by atoms with Gasteiger partial charge in [-0.3, -0.25) is 9.59 Å². The van der Waals surface area contributed by atoms with Crippen LogP contribution in [-0.4, -0.2) is 71.6 Å². The average Bonchev–Trinajstić information content (AvgIpc) is 4.28. The summed E-state index contributed by atoms with van der Waals surface area (Å²) in [6.07, 6.45) is 19.1. The number of fused-ring (bicyclic) bond motifs is 9. The summed E-state index contributed by atoms with van der Waals surface area (Å²) in [5, 5.41) is 8.53. The Balaban J connectivity index is 0.000000126. The number of hydrogen-bond donors (Lipinski definition) is 0. The molecular weight excluding hydrogens is 927 g/mol. The van der Waals surface area contributed by atoms with E-state index in [1.807, 2.05) is 18.2 Å². The first-order chi connectivity index (χ1) is 34.0. The Labute approximate surface area is 399 Å². The molecule has 1 saturated heterocycles. The minimum atomic E-state index is -0.683. The van der Waals surface area contributed by atoms with Crippen LogP contribution in [0.4, 0.5) is 0 Å². The Hall–Kier alpha value is -10.5. The number of ether oxygens (including phenoxy) is 6. The smallest absolute Gasteiger partial charge is 0.348 e. The first kappa shape index (κ1) is 48.5. The van der Waals surface area contributed by atoms with Crippen LogP contribution in [0, 0.1) is 59.7 Å². The van der Waals surface area contributed by atoms with Gasteiger partial charge < -0.3 is 28.4 Å². The number of nitriles is 1. The minimum Gasteiger partial charge on any atom is -0.393 e. The molecule has 0 radical (unpaired) electrons. The monoisotopic (exact) mass is 953 g/mol. The van der Waals surface area contributed by atoms with Crippen LogP contribution in [0.3, 0.4) is 0 Å². The van der Waals surface area contributed by atoms with Crippen LogP contribution in [0.15, 0.2) is 104 Å². The van der Waals surface area contributed by atoms with Gasteiger partial charge in [0.2, 0.25) is 0 Å². The maximum absolute atomic E-state index is 11.2. The number of rotatable bonds is 1. The molecule has 2 aliphatic carbocycles. The molecule has 4 aromatic rings. The quantitative estimate of drug-likeness (QED) is 0.0828. The molecule has 12 rings (SSSR count). The number of hydrogen-bond acceptors (Lipinski definition) is 19. The number of carbonyl (C=O) groups excluding carboxylic acids is 12. The second-order valence-corrected chi connectivity index (χ2v) is 15.2. The summed E-state index contributed by atoms with van der Waals surface area (Å²) in [5.74, 6) is -1.81. The predicted octanol–water partition coefficient (Wildman–Crippen LogP) is 4.60. The number of carbonyl (C=O) groups is 12. The molecule has 4 unspecified atom stereocenters. The van der Waals surface area contributed by atoms with Crippen molar-refractivity contribution in [3.63, 3.8) is 0 Å². The lowest BCUT2D eigenvalue weighted by Gasteiger charge is -2.12. The molecule has 4 aromatic carbocycles. The van der Waals surface area contributed by atoms with E-state index in [1.54, 1.807) is 42.5 Å². The van der Waals surface area contributed by atoms with E-state index in [2.05, 4.69) is 46.8 Å². The summed E-state index contributed by atoms with van der Waals surface area (Å²) in [7, 11) is 0. The third-order valence-corrected chi connectivity index (χ3v) is 11.1. The highest BCUT2D eigenvalue weighted by Crippen LogP contribution is 2.51. The van der Waals surface area contributed by atoms with Gasteiger partial charge in [-0.25, -0.2) is 47.9 Å². The van der Waals surface area contributed by atoms with E-state index >= 15 is 0 Å². The Morgan fingerprint density at radius 1 is 0.493 bits per heavy atom. The number of nitrogens with zero attached hydrogens (tertiary/aromatic N) is 1. The van der Waals surface area contributed by atoms with Gasteiger partial charge in [0.1, 0.15) is 0 Å². The third-order valence-electron chi connectivity index (χ3n) is 11.1. The molecule has 19 nitrogen and oxygen atoms in total. The molecular formula is C52H27NO18. The zero-order valence-electron chi connectivity index (χ0n) is 36.0. The van der Waals surface area contributed by atoms with Crippen molar-refractivity contribution in [2.45, 2.75) is 6.42 Å². The van der Waals surface area contributed by atoms with Gasteiger partial charge in [0, 0.05) is 23.3 Å². The molecule has 0 amide bonds. The SMILES string of the molecule is C#Cc1ccc2c(c1)C(=O)OC2=O.C#Cc1cccc2c1C(=O)OC2=O.C=Cc1ccc2c(c1)C(=O)OC2=O.N#Cc1ccc2c(c1)C(=O)OC2=O.O=C1C=CC(=O)O1.O=C1OC(=O)C2C3C=CC(C3)C12. The van der Waals surface area contributed by atoms with Crippen LogP contribution in [0.1, 0.15) is 112 Å². The van der Waals surface area contributed by atoms with Gasteiger partial charge in [-0.2, -0.15) is 5.26 Å². The molecule has 6 heterocycles. The Morgan fingerprint density at radius 3 is 1.41 bits per heavy atom. The molecule has 1 saturated carbocycles. The Kier molecular flexibility index (Phi) is 13.8. The van der Waals surface area contributed by atoms with Crippen LogP contribution in [0.2, 0.25) is 0 Å². The maximum atomic E-state index is 11.2. The van der Waals surface area contributed by atoms with Gasteiger partial charge >= 0.3 is 71.6 Å². The van der Waals surface area contributed by atoms with E-state index < -0.39 is 59.7 Å². The number of allylic oxidation sites excluding steroid dienone is 2. The molecule has 8 aliphatic rings. The highest BCUT2D eigenvalue weighted by molar-refractivity contribution is 6.17. The van der Waals surface area contributed by atoms with E-state index in [4.69, 9.17) is 18.1 Å².